The van der Waals surface area contributed by atoms with E-state index in [1.807, 2.05) is 0 Å². The molecular formula is C42H49N. The van der Waals surface area contributed by atoms with Crippen LogP contribution in [0.5, 0.6) is 0 Å². The quantitative estimate of drug-likeness (QED) is 0.277. The number of benzene rings is 3. The average molecular weight is 568 g/mol. The van der Waals surface area contributed by atoms with Crippen LogP contribution in [0.25, 0.3) is 27.8 Å². The van der Waals surface area contributed by atoms with Gasteiger partial charge in [-0.05, 0) is 112 Å². The Morgan fingerprint density at radius 2 is 1.51 bits per heavy atom. The van der Waals surface area contributed by atoms with Crippen molar-refractivity contribution in [2.24, 2.45) is 5.41 Å². The van der Waals surface area contributed by atoms with Gasteiger partial charge in [0.2, 0.25) is 0 Å². The number of hydrogen-bond donors (Lipinski definition) is 0. The molecule has 0 spiro atoms. The molecule has 222 valence electrons. The van der Waals surface area contributed by atoms with E-state index in [1.54, 1.807) is 5.57 Å². The summed E-state index contributed by atoms with van der Waals surface area (Å²) in [5.74, 6) is 0. The van der Waals surface area contributed by atoms with Crippen molar-refractivity contribution in [1.29, 1.82) is 0 Å². The first-order valence-corrected chi connectivity index (χ1v) is 16.3. The molecule has 6 rings (SSSR count). The fourth-order valence-corrected chi connectivity index (χ4v) is 7.08. The van der Waals surface area contributed by atoms with Crippen molar-refractivity contribution in [3.05, 3.63) is 125 Å². The van der Waals surface area contributed by atoms with Crippen molar-refractivity contribution in [2.75, 3.05) is 0 Å². The van der Waals surface area contributed by atoms with Crippen molar-refractivity contribution in [2.45, 2.75) is 98.6 Å². The van der Waals surface area contributed by atoms with Gasteiger partial charge in [-0.25, -0.2) is 0 Å². The Morgan fingerprint density at radius 1 is 0.767 bits per heavy atom. The number of fused-ring (bicyclic) bond motifs is 1. The maximum atomic E-state index is 2.61. The Kier molecular flexibility index (Phi) is 7.23. The molecule has 1 fully saturated rings. The molecule has 1 saturated heterocycles. The molecule has 0 saturated carbocycles. The van der Waals surface area contributed by atoms with Crippen LogP contribution in [0.15, 0.2) is 102 Å². The molecule has 0 amide bonds. The maximum Gasteiger partial charge on any atom is 0.0777 e. The lowest BCUT2D eigenvalue weighted by atomic mass is 9.77. The van der Waals surface area contributed by atoms with Gasteiger partial charge in [0.15, 0.2) is 0 Å². The van der Waals surface area contributed by atoms with Gasteiger partial charge in [0.25, 0.3) is 0 Å². The highest BCUT2D eigenvalue weighted by molar-refractivity contribution is 5.85. The third kappa shape index (κ3) is 5.37. The van der Waals surface area contributed by atoms with E-state index in [0.717, 1.165) is 19.3 Å². The zero-order chi connectivity index (χ0) is 30.7. The summed E-state index contributed by atoms with van der Waals surface area (Å²) < 4.78 is 0. The maximum absolute atomic E-state index is 2.61. The Bertz CT molecular complexity index is 1690. The van der Waals surface area contributed by atoms with Gasteiger partial charge < -0.3 is 4.90 Å². The van der Waals surface area contributed by atoms with Gasteiger partial charge in [-0.3, -0.25) is 0 Å². The lowest BCUT2D eigenvalue weighted by molar-refractivity contribution is 0.371. The van der Waals surface area contributed by atoms with Crippen LogP contribution in [0, 0.1) is 12.3 Å². The minimum Gasteiger partial charge on any atom is -0.351 e. The molecule has 0 aromatic heterocycles. The Hall–Kier alpha value is -3.58. The lowest BCUT2D eigenvalue weighted by Gasteiger charge is -2.28. The van der Waals surface area contributed by atoms with Crippen molar-refractivity contribution in [1.82, 2.24) is 4.90 Å². The normalized spacial score (nSPS) is 21.7. The van der Waals surface area contributed by atoms with Crippen LogP contribution in [0.1, 0.15) is 103 Å². The first kappa shape index (κ1) is 29.5. The monoisotopic (exact) mass is 567 g/mol. The number of hydrogen-bond acceptors (Lipinski definition) is 1. The Labute approximate surface area is 260 Å². The van der Waals surface area contributed by atoms with E-state index < -0.39 is 0 Å². The van der Waals surface area contributed by atoms with Gasteiger partial charge in [-0.15, -0.1) is 0 Å². The largest absolute Gasteiger partial charge is 0.351 e. The van der Waals surface area contributed by atoms with Crippen molar-refractivity contribution in [3.8, 4) is 22.3 Å². The first-order chi connectivity index (χ1) is 20.3. The minimum absolute atomic E-state index is 0.100. The summed E-state index contributed by atoms with van der Waals surface area (Å²) >= 11 is 0. The summed E-state index contributed by atoms with van der Waals surface area (Å²) in [4.78, 5) is 2.61. The van der Waals surface area contributed by atoms with Crippen LogP contribution in [0.3, 0.4) is 0 Å². The molecule has 2 aliphatic heterocycles. The van der Waals surface area contributed by atoms with E-state index >= 15 is 0 Å². The predicted octanol–water partition coefficient (Wildman–Crippen LogP) is 11.8. The van der Waals surface area contributed by atoms with Crippen LogP contribution in [0.4, 0.5) is 0 Å². The molecule has 43 heavy (non-hydrogen) atoms. The van der Waals surface area contributed by atoms with E-state index in [1.165, 1.54) is 55.8 Å². The van der Waals surface area contributed by atoms with Crippen molar-refractivity contribution in [3.63, 3.8) is 0 Å². The molecule has 0 bridgehead atoms. The van der Waals surface area contributed by atoms with Gasteiger partial charge in [0.1, 0.15) is 0 Å². The molecule has 2 atom stereocenters. The molecule has 0 N–H and O–H groups in total. The molecule has 3 aromatic rings. The summed E-state index contributed by atoms with van der Waals surface area (Å²) in [6.45, 7) is 20.9. The molecule has 2 unspecified atom stereocenters. The Balaban J connectivity index is 1.40. The van der Waals surface area contributed by atoms with E-state index in [2.05, 4.69) is 158 Å². The number of aryl methyl sites for hydroxylation is 1. The summed E-state index contributed by atoms with van der Waals surface area (Å²) in [6.07, 6.45) is 15.1. The van der Waals surface area contributed by atoms with Crippen molar-refractivity contribution >= 4 is 5.57 Å². The average Bonchev–Trinajstić information content (AvgIpc) is 3.61. The minimum atomic E-state index is 0.100. The summed E-state index contributed by atoms with van der Waals surface area (Å²) in [5, 5.41) is 0. The predicted molar refractivity (Wildman–Crippen MR) is 186 cm³/mol. The lowest BCUT2D eigenvalue weighted by Crippen LogP contribution is -2.18. The highest BCUT2D eigenvalue weighted by Gasteiger charge is 2.55. The van der Waals surface area contributed by atoms with Crippen LogP contribution in [0.2, 0.25) is 0 Å². The first-order valence-electron chi connectivity index (χ1n) is 16.3. The smallest absolute Gasteiger partial charge is 0.0777 e. The van der Waals surface area contributed by atoms with Gasteiger partial charge in [0, 0.05) is 5.70 Å². The fourth-order valence-electron chi connectivity index (χ4n) is 7.08. The molecule has 2 heterocycles. The topological polar surface area (TPSA) is 3.01 Å². The fraction of sp³-hybridized carbons (Fsp3) is 0.381. The molecule has 0 radical (unpaired) electrons. The number of rotatable bonds is 5. The third-order valence-electron chi connectivity index (χ3n) is 10.3. The molecule has 1 heteroatoms. The molecular weight excluding hydrogens is 518 g/mol. The second-order valence-corrected chi connectivity index (χ2v) is 15.2. The zero-order valence-corrected chi connectivity index (χ0v) is 27.8. The summed E-state index contributed by atoms with van der Waals surface area (Å²) in [5.41, 5.74) is 15.7. The third-order valence-corrected chi connectivity index (χ3v) is 10.3. The summed E-state index contributed by atoms with van der Waals surface area (Å²) in [6, 6.07) is 23.7. The van der Waals surface area contributed by atoms with Crippen molar-refractivity contribution < 1.29 is 0 Å². The van der Waals surface area contributed by atoms with Gasteiger partial charge in [-0.2, -0.15) is 0 Å². The summed E-state index contributed by atoms with van der Waals surface area (Å²) in [7, 11) is 0. The molecule has 1 aliphatic carbocycles. The molecule has 3 aromatic carbocycles. The molecule has 3 aliphatic rings. The number of allylic oxidation sites excluding steroid dienone is 6. The standard InChI is InChI=1S/C42H49N/c1-10-42(9)39-16-12-15-38(43(39)42)36-26-31(18-17-28(36)2)30-13-11-14-32(25-30)35-24-23-34(41(6,7)8)27-37(35)29-19-21-33(22-20-29)40(3,4)5/h11-19,21,23-27,38H,10,20,22H2,1-9H3. The highest BCUT2D eigenvalue weighted by atomic mass is 15.4. The second-order valence-electron chi connectivity index (χ2n) is 15.2. The number of nitrogens with zero attached hydrogens (tertiary/aromatic N) is 1. The van der Waals surface area contributed by atoms with Crippen LogP contribution in [-0.2, 0) is 5.41 Å². The second kappa shape index (κ2) is 10.5. The van der Waals surface area contributed by atoms with E-state index in [-0.39, 0.29) is 16.4 Å². The van der Waals surface area contributed by atoms with Crippen LogP contribution < -0.4 is 0 Å². The Morgan fingerprint density at radius 3 is 2.19 bits per heavy atom. The van der Waals surface area contributed by atoms with E-state index in [9.17, 15) is 0 Å². The molecule has 1 nitrogen and oxygen atoms in total. The van der Waals surface area contributed by atoms with E-state index in [0.29, 0.717) is 6.04 Å². The SMILES string of the molecule is CCC1(C)C2=CC=CC(c3cc(-c4cccc(-c5ccc(C(C)(C)C)cc5C5=CC=C(C(C)(C)C)CC5)c4)ccc3C)N21. The van der Waals surface area contributed by atoms with Crippen LogP contribution >= 0.6 is 0 Å². The van der Waals surface area contributed by atoms with E-state index in [4.69, 9.17) is 0 Å². The van der Waals surface area contributed by atoms with Gasteiger partial charge in [0.05, 0.1) is 11.6 Å². The zero-order valence-electron chi connectivity index (χ0n) is 27.8. The van der Waals surface area contributed by atoms with Gasteiger partial charge >= 0.3 is 0 Å². The van der Waals surface area contributed by atoms with Crippen LogP contribution in [-0.4, -0.2) is 10.4 Å². The van der Waals surface area contributed by atoms with Gasteiger partial charge in [-0.1, -0.05) is 127 Å². The highest BCUT2D eigenvalue weighted by Crippen LogP contribution is 2.56.